The summed E-state index contributed by atoms with van der Waals surface area (Å²) >= 11 is 6.00. The summed E-state index contributed by atoms with van der Waals surface area (Å²) in [4.78, 5) is 16.5. The molecule has 1 heterocycles. The maximum Gasteiger partial charge on any atom is 0.236 e. The van der Waals surface area contributed by atoms with Gasteiger partial charge in [-0.05, 0) is 42.7 Å². The predicted octanol–water partition coefficient (Wildman–Crippen LogP) is 3.41. The smallest absolute Gasteiger partial charge is 0.236 e. The zero-order chi connectivity index (χ0) is 13.3. The summed E-state index contributed by atoms with van der Waals surface area (Å²) in [6.07, 6.45) is 3.37. The van der Waals surface area contributed by atoms with E-state index in [1.165, 1.54) is 0 Å². The van der Waals surface area contributed by atoms with E-state index in [0.29, 0.717) is 10.8 Å². The van der Waals surface area contributed by atoms with E-state index in [1.807, 2.05) is 36.4 Å². The second kappa shape index (κ2) is 4.67. The molecule has 0 bridgehead atoms. The van der Waals surface area contributed by atoms with Crippen molar-refractivity contribution < 1.29 is 4.79 Å². The van der Waals surface area contributed by atoms with E-state index >= 15 is 0 Å². The maximum absolute atomic E-state index is 12.4. The maximum atomic E-state index is 12.4. The van der Waals surface area contributed by atoms with Gasteiger partial charge in [0.25, 0.3) is 0 Å². The first-order chi connectivity index (χ1) is 9.21. The molecule has 0 unspecified atom stereocenters. The molecule has 0 atom stereocenters. The second-order valence-electron chi connectivity index (χ2n) is 4.76. The number of nitrogens with one attached hydrogen (secondary N) is 1. The van der Waals surface area contributed by atoms with Crippen LogP contribution in [0.25, 0.3) is 0 Å². The Hall–Kier alpha value is -1.87. The number of aromatic nitrogens is 1. The number of benzene rings is 1. The molecule has 1 saturated carbocycles. The van der Waals surface area contributed by atoms with Gasteiger partial charge in [0.2, 0.25) is 5.91 Å². The molecule has 3 rings (SSSR count). The fraction of sp³-hybridized carbons (Fsp3) is 0.200. The minimum absolute atomic E-state index is 0.00605. The van der Waals surface area contributed by atoms with Crippen molar-refractivity contribution in [1.82, 2.24) is 4.98 Å². The molecule has 0 aliphatic heterocycles. The Morgan fingerprint density at radius 2 is 2.05 bits per heavy atom. The van der Waals surface area contributed by atoms with Crippen LogP contribution in [-0.2, 0) is 10.2 Å². The average Bonchev–Trinajstić information content (AvgIpc) is 3.21. The van der Waals surface area contributed by atoms with E-state index in [1.54, 1.807) is 12.3 Å². The Labute approximate surface area is 116 Å². The van der Waals surface area contributed by atoms with E-state index in [4.69, 9.17) is 11.6 Å². The molecule has 1 aliphatic carbocycles. The van der Waals surface area contributed by atoms with Crippen molar-refractivity contribution in [1.29, 1.82) is 0 Å². The van der Waals surface area contributed by atoms with Gasteiger partial charge in [0.1, 0.15) is 5.82 Å². The molecule has 1 aromatic heterocycles. The standard InChI is InChI=1S/C15H13ClN2O/c16-12-5-3-4-11(10-12)15(7-8-15)14(19)18-13-6-1-2-9-17-13/h1-6,9-10H,7-8H2,(H,17,18,19). The molecule has 0 saturated heterocycles. The van der Waals surface area contributed by atoms with Gasteiger partial charge in [-0.25, -0.2) is 4.98 Å². The van der Waals surface area contributed by atoms with Crippen LogP contribution in [-0.4, -0.2) is 10.9 Å². The lowest BCUT2D eigenvalue weighted by Crippen LogP contribution is -2.28. The van der Waals surface area contributed by atoms with Gasteiger partial charge in [-0.1, -0.05) is 29.8 Å². The molecule has 1 fully saturated rings. The van der Waals surface area contributed by atoms with Gasteiger partial charge < -0.3 is 5.32 Å². The number of anilines is 1. The van der Waals surface area contributed by atoms with E-state index < -0.39 is 5.41 Å². The highest BCUT2D eigenvalue weighted by atomic mass is 35.5. The number of nitrogens with zero attached hydrogens (tertiary/aromatic N) is 1. The Morgan fingerprint density at radius 3 is 2.68 bits per heavy atom. The highest BCUT2D eigenvalue weighted by Gasteiger charge is 2.51. The van der Waals surface area contributed by atoms with Crippen LogP contribution >= 0.6 is 11.6 Å². The number of amides is 1. The summed E-state index contributed by atoms with van der Waals surface area (Å²) in [5.74, 6) is 0.578. The third-order valence-corrected chi connectivity index (χ3v) is 3.70. The van der Waals surface area contributed by atoms with Crippen LogP contribution in [0.5, 0.6) is 0 Å². The van der Waals surface area contributed by atoms with Crippen LogP contribution in [0.2, 0.25) is 5.02 Å². The molecule has 19 heavy (non-hydrogen) atoms. The molecular formula is C15H13ClN2O. The van der Waals surface area contributed by atoms with Gasteiger partial charge in [0, 0.05) is 11.2 Å². The Morgan fingerprint density at radius 1 is 1.21 bits per heavy atom. The summed E-state index contributed by atoms with van der Waals surface area (Å²) in [7, 11) is 0. The number of carbonyl (C=O) groups excluding carboxylic acids is 1. The number of pyridine rings is 1. The van der Waals surface area contributed by atoms with Crippen molar-refractivity contribution in [3.8, 4) is 0 Å². The fourth-order valence-corrected chi connectivity index (χ4v) is 2.42. The molecule has 1 aliphatic rings. The SMILES string of the molecule is O=C(Nc1ccccn1)C1(c2cccc(Cl)c2)CC1. The topological polar surface area (TPSA) is 42.0 Å². The van der Waals surface area contributed by atoms with Gasteiger partial charge in [-0.2, -0.15) is 0 Å². The van der Waals surface area contributed by atoms with Gasteiger partial charge in [0.15, 0.2) is 0 Å². The van der Waals surface area contributed by atoms with E-state index in [2.05, 4.69) is 10.3 Å². The zero-order valence-corrected chi connectivity index (χ0v) is 11.0. The number of hydrogen-bond donors (Lipinski definition) is 1. The minimum atomic E-state index is -0.428. The van der Waals surface area contributed by atoms with Crippen LogP contribution in [0.1, 0.15) is 18.4 Å². The third-order valence-electron chi connectivity index (χ3n) is 3.47. The largest absolute Gasteiger partial charge is 0.310 e. The monoisotopic (exact) mass is 272 g/mol. The first-order valence-corrected chi connectivity index (χ1v) is 6.57. The predicted molar refractivity (Wildman–Crippen MR) is 75.2 cm³/mol. The molecule has 1 amide bonds. The van der Waals surface area contributed by atoms with Gasteiger partial charge in [-0.15, -0.1) is 0 Å². The molecule has 1 N–H and O–H groups in total. The summed E-state index contributed by atoms with van der Waals surface area (Å²) < 4.78 is 0. The van der Waals surface area contributed by atoms with Crippen LogP contribution in [0.15, 0.2) is 48.7 Å². The van der Waals surface area contributed by atoms with Crippen molar-refractivity contribution in [2.75, 3.05) is 5.32 Å². The van der Waals surface area contributed by atoms with Gasteiger partial charge >= 0.3 is 0 Å². The molecule has 0 radical (unpaired) electrons. The third kappa shape index (κ3) is 2.34. The molecule has 2 aromatic rings. The molecule has 3 nitrogen and oxygen atoms in total. The van der Waals surface area contributed by atoms with E-state index in [0.717, 1.165) is 18.4 Å². The highest BCUT2D eigenvalue weighted by Crippen LogP contribution is 2.49. The molecule has 0 spiro atoms. The molecule has 4 heteroatoms. The van der Waals surface area contributed by atoms with E-state index in [-0.39, 0.29) is 5.91 Å². The zero-order valence-electron chi connectivity index (χ0n) is 10.3. The second-order valence-corrected chi connectivity index (χ2v) is 5.20. The fourth-order valence-electron chi connectivity index (χ4n) is 2.23. The first-order valence-electron chi connectivity index (χ1n) is 6.19. The lowest BCUT2D eigenvalue weighted by Gasteiger charge is -2.15. The lowest BCUT2D eigenvalue weighted by atomic mass is 9.95. The van der Waals surface area contributed by atoms with Crippen LogP contribution in [0.3, 0.4) is 0 Å². The Balaban J connectivity index is 1.83. The number of carbonyl (C=O) groups is 1. The Kier molecular flexibility index (Phi) is 2.99. The summed E-state index contributed by atoms with van der Waals surface area (Å²) in [6.45, 7) is 0. The van der Waals surface area contributed by atoms with Crippen molar-refractivity contribution in [2.45, 2.75) is 18.3 Å². The van der Waals surface area contributed by atoms with Crippen LogP contribution < -0.4 is 5.32 Å². The molecular weight excluding hydrogens is 260 g/mol. The molecule has 96 valence electrons. The summed E-state index contributed by atoms with van der Waals surface area (Å²) in [5, 5.41) is 3.53. The first kappa shape index (κ1) is 12.2. The highest BCUT2D eigenvalue weighted by molar-refractivity contribution is 6.30. The van der Waals surface area contributed by atoms with Crippen LogP contribution in [0.4, 0.5) is 5.82 Å². The summed E-state index contributed by atoms with van der Waals surface area (Å²) in [5.41, 5.74) is 0.552. The average molecular weight is 273 g/mol. The quantitative estimate of drug-likeness (QED) is 0.930. The van der Waals surface area contributed by atoms with Gasteiger partial charge in [-0.3, -0.25) is 4.79 Å². The van der Waals surface area contributed by atoms with Crippen molar-refractivity contribution in [3.05, 3.63) is 59.2 Å². The normalized spacial score (nSPS) is 15.8. The summed E-state index contributed by atoms with van der Waals surface area (Å²) in [6, 6.07) is 13.0. The van der Waals surface area contributed by atoms with Crippen molar-refractivity contribution in [3.63, 3.8) is 0 Å². The van der Waals surface area contributed by atoms with Crippen LogP contribution in [0, 0.1) is 0 Å². The van der Waals surface area contributed by atoms with E-state index in [9.17, 15) is 4.79 Å². The minimum Gasteiger partial charge on any atom is -0.310 e. The van der Waals surface area contributed by atoms with Crippen molar-refractivity contribution >= 4 is 23.3 Å². The molecule has 1 aromatic carbocycles. The van der Waals surface area contributed by atoms with Gasteiger partial charge in [0.05, 0.1) is 5.41 Å². The number of halogens is 1. The number of hydrogen-bond acceptors (Lipinski definition) is 2. The Bertz CT molecular complexity index is 609. The van der Waals surface area contributed by atoms with Crippen molar-refractivity contribution in [2.24, 2.45) is 0 Å². The lowest BCUT2D eigenvalue weighted by molar-refractivity contribution is -0.118. The number of rotatable bonds is 3.